The molecule has 19 heavy (non-hydrogen) atoms. The number of nitriles is 1. The fourth-order valence-corrected chi connectivity index (χ4v) is 1.38. The number of nitrogens with two attached hydrogens (primary N) is 1. The molecule has 1 rings (SSSR count). The summed E-state index contributed by atoms with van der Waals surface area (Å²) >= 11 is 0. The highest BCUT2D eigenvalue weighted by molar-refractivity contribution is 5.92. The highest BCUT2D eigenvalue weighted by Gasteiger charge is 2.16. The zero-order valence-electron chi connectivity index (χ0n) is 10.7. The summed E-state index contributed by atoms with van der Waals surface area (Å²) in [5, 5.41) is 8.59. The lowest BCUT2D eigenvalue weighted by molar-refractivity contribution is 0.0693. The highest BCUT2D eigenvalue weighted by Crippen LogP contribution is 2.04. The molecule has 0 saturated carbocycles. The molecule has 1 aromatic rings. The number of nitrogen functional groups attached to an aromatic ring is 1. The molecule has 8 heteroatoms. The van der Waals surface area contributed by atoms with Crippen LogP contribution in [0.25, 0.3) is 0 Å². The van der Waals surface area contributed by atoms with E-state index in [1.54, 1.807) is 7.11 Å². The maximum absolute atomic E-state index is 12.2. The predicted octanol–water partition coefficient (Wildman–Crippen LogP) is -0.236. The van der Waals surface area contributed by atoms with Crippen molar-refractivity contribution in [3.63, 3.8) is 0 Å². The van der Waals surface area contributed by atoms with Gasteiger partial charge >= 0.3 is 0 Å². The molecular formula is C11H16N6O2. The Hall–Kier alpha value is -2.24. The summed E-state index contributed by atoms with van der Waals surface area (Å²) in [5.74, 6) is 5.25. The molecule has 0 fully saturated rings. The molecular weight excluding hydrogens is 248 g/mol. The van der Waals surface area contributed by atoms with Crippen LogP contribution in [0.4, 0.5) is 5.82 Å². The molecule has 1 aromatic heterocycles. The number of rotatable bonds is 7. The van der Waals surface area contributed by atoms with Crippen molar-refractivity contribution < 1.29 is 9.53 Å². The number of carbonyl (C=O) groups excluding carboxylic acids is 1. The SMILES string of the molecule is COCCN(CCC#N)C(=O)c1cnc(NN)cn1. The first-order chi connectivity index (χ1) is 9.22. The number of ether oxygens (including phenoxy) is 1. The van der Waals surface area contributed by atoms with Crippen molar-refractivity contribution >= 4 is 11.7 Å². The average Bonchev–Trinajstić information content (AvgIpc) is 2.47. The van der Waals surface area contributed by atoms with Gasteiger partial charge in [-0.15, -0.1) is 0 Å². The zero-order valence-corrected chi connectivity index (χ0v) is 10.7. The smallest absolute Gasteiger partial charge is 0.274 e. The van der Waals surface area contributed by atoms with Gasteiger partial charge in [0.1, 0.15) is 5.69 Å². The summed E-state index contributed by atoms with van der Waals surface area (Å²) in [6, 6.07) is 2.00. The van der Waals surface area contributed by atoms with E-state index in [2.05, 4.69) is 15.4 Å². The van der Waals surface area contributed by atoms with Gasteiger partial charge < -0.3 is 15.1 Å². The molecule has 8 nitrogen and oxygen atoms in total. The normalized spacial score (nSPS) is 9.74. The fraction of sp³-hybridized carbons (Fsp3) is 0.455. The van der Waals surface area contributed by atoms with Crippen molar-refractivity contribution in [1.82, 2.24) is 14.9 Å². The summed E-state index contributed by atoms with van der Waals surface area (Å²) < 4.78 is 4.94. The van der Waals surface area contributed by atoms with Crippen molar-refractivity contribution in [1.29, 1.82) is 5.26 Å². The van der Waals surface area contributed by atoms with Crippen LogP contribution >= 0.6 is 0 Å². The number of aromatic nitrogens is 2. The van der Waals surface area contributed by atoms with Crippen LogP contribution in [0.2, 0.25) is 0 Å². The molecule has 0 saturated heterocycles. The Morgan fingerprint density at radius 1 is 1.53 bits per heavy atom. The third kappa shape index (κ3) is 4.50. The molecule has 102 valence electrons. The Kier molecular flexibility index (Phi) is 6.21. The van der Waals surface area contributed by atoms with Crippen LogP contribution in [0.5, 0.6) is 0 Å². The lowest BCUT2D eigenvalue weighted by Crippen LogP contribution is -2.35. The second kappa shape index (κ2) is 7.97. The van der Waals surface area contributed by atoms with Gasteiger partial charge in [0.2, 0.25) is 0 Å². The Morgan fingerprint density at radius 3 is 2.84 bits per heavy atom. The Balaban J connectivity index is 2.75. The lowest BCUT2D eigenvalue weighted by atomic mass is 10.3. The van der Waals surface area contributed by atoms with E-state index in [4.69, 9.17) is 15.8 Å². The standard InChI is InChI=1S/C11H16N6O2/c1-19-6-5-17(4-2-3-12)11(18)9-7-15-10(16-13)8-14-9/h7-8H,2,4-6,13H2,1H3,(H,15,16). The van der Waals surface area contributed by atoms with Crippen molar-refractivity contribution in [3.8, 4) is 6.07 Å². The number of methoxy groups -OCH3 is 1. The second-order valence-corrected chi connectivity index (χ2v) is 3.62. The minimum Gasteiger partial charge on any atom is -0.383 e. The Bertz CT molecular complexity index is 441. The molecule has 0 aliphatic carbocycles. The summed E-state index contributed by atoms with van der Waals surface area (Å²) in [7, 11) is 1.55. The van der Waals surface area contributed by atoms with Crippen LogP contribution in [0.3, 0.4) is 0 Å². The third-order valence-corrected chi connectivity index (χ3v) is 2.36. The Labute approximate surface area is 111 Å². The van der Waals surface area contributed by atoms with E-state index in [1.165, 1.54) is 17.3 Å². The van der Waals surface area contributed by atoms with E-state index in [9.17, 15) is 4.79 Å². The van der Waals surface area contributed by atoms with Gasteiger partial charge in [0.25, 0.3) is 5.91 Å². The largest absolute Gasteiger partial charge is 0.383 e. The van der Waals surface area contributed by atoms with E-state index >= 15 is 0 Å². The van der Waals surface area contributed by atoms with E-state index in [-0.39, 0.29) is 18.0 Å². The topological polar surface area (TPSA) is 117 Å². The molecule has 1 heterocycles. The van der Waals surface area contributed by atoms with Gasteiger partial charge in [-0.25, -0.2) is 15.8 Å². The summed E-state index contributed by atoms with van der Waals surface area (Å²) in [5.41, 5.74) is 2.53. The second-order valence-electron chi connectivity index (χ2n) is 3.62. The lowest BCUT2D eigenvalue weighted by Gasteiger charge is -2.20. The maximum Gasteiger partial charge on any atom is 0.274 e. The van der Waals surface area contributed by atoms with Crippen molar-refractivity contribution in [2.45, 2.75) is 6.42 Å². The van der Waals surface area contributed by atoms with E-state index in [0.29, 0.717) is 25.5 Å². The van der Waals surface area contributed by atoms with Crippen LogP contribution in [0.15, 0.2) is 12.4 Å². The van der Waals surface area contributed by atoms with Crippen molar-refractivity contribution in [3.05, 3.63) is 18.1 Å². The van der Waals surface area contributed by atoms with Gasteiger partial charge in [-0.1, -0.05) is 0 Å². The van der Waals surface area contributed by atoms with E-state index < -0.39 is 0 Å². The highest BCUT2D eigenvalue weighted by atomic mass is 16.5. The minimum absolute atomic E-state index is 0.202. The number of hydrazine groups is 1. The van der Waals surface area contributed by atoms with Crippen LogP contribution in [0, 0.1) is 11.3 Å². The first-order valence-electron chi connectivity index (χ1n) is 5.66. The molecule has 0 aliphatic heterocycles. The number of hydrogen-bond donors (Lipinski definition) is 2. The molecule has 0 radical (unpaired) electrons. The van der Waals surface area contributed by atoms with Crippen molar-refractivity contribution in [2.75, 3.05) is 32.2 Å². The number of anilines is 1. The molecule has 0 aliphatic rings. The van der Waals surface area contributed by atoms with E-state index in [1.807, 2.05) is 6.07 Å². The molecule has 0 unspecified atom stereocenters. The van der Waals surface area contributed by atoms with Crippen LogP contribution in [-0.4, -0.2) is 47.6 Å². The maximum atomic E-state index is 12.2. The molecule has 0 aromatic carbocycles. The average molecular weight is 264 g/mol. The first kappa shape index (κ1) is 14.8. The Morgan fingerprint density at radius 2 is 2.32 bits per heavy atom. The van der Waals surface area contributed by atoms with Gasteiger partial charge in [-0.05, 0) is 0 Å². The van der Waals surface area contributed by atoms with Crippen LogP contribution < -0.4 is 11.3 Å². The molecule has 0 bridgehead atoms. The number of nitrogens with zero attached hydrogens (tertiary/aromatic N) is 4. The molecule has 1 amide bonds. The molecule has 0 spiro atoms. The predicted molar refractivity (Wildman–Crippen MR) is 67.9 cm³/mol. The summed E-state index contributed by atoms with van der Waals surface area (Å²) in [4.78, 5) is 21.6. The molecule has 3 N–H and O–H groups in total. The quantitative estimate of drug-likeness (QED) is 0.515. The number of carbonyl (C=O) groups is 1. The van der Waals surface area contributed by atoms with Gasteiger partial charge in [0, 0.05) is 20.2 Å². The van der Waals surface area contributed by atoms with Gasteiger partial charge in [-0.2, -0.15) is 5.26 Å². The van der Waals surface area contributed by atoms with Crippen molar-refractivity contribution in [2.24, 2.45) is 5.84 Å². The van der Waals surface area contributed by atoms with E-state index in [0.717, 1.165) is 0 Å². The first-order valence-corrected chi connectivity index (χ1v) is 5.66. The number of hydrogen-bond acceptors (Lipinski definition) is 7. The summed E-state index contributed by atoms with van der Waals surface area (Å²) in [6.45, 7) is 1.12. The van der Waals surface area contributed by atoms with Gasteiger partial charge in [-0.3, -0.25) is 4.79 Å². The zero-order chi connectivity index (χ0) is 14.1. The summed E-state index contributed by atoms with van der Waals surface area (Å²) in [6.07, 6.45) is 2.96. The van der Waals surface area contributed by atoms with Crippen LogP contribution in [-0.2, 0) is 4.74 Å². The number of amides is 1. The van der Waals surface area contributed by atoms with Gasteiger partial charge in [0.15, 0.2) is 5.82 Å². The minimum atomic E-state index is -0.289. The molecule has 0 atom stereocenters. The van der Waals surface area contributed by atoms with Gasteiger partial charge in [0.05, 0.1) is 31.5 Å². The number of nitrogens with one attached hydrogen (secondary N) is 1. The monoisotopic (exact) mass is 264 g/mol. The third-order valence-electron chi connectivity index (χ3n) is 2.36. The fourth-order valence-electron chi connectivity index (χ4n) is 1.38. The van der Waals surface area contributed by atoms with Crippen LogP contribution in [0.1, 0.15) is 16.9 Å².